The van der Waals surface area contributed by atoms with E-state index >= 15 is 0 Å². The number of halogens is 1. The number of nitrogens with one attached hydrogen (secondary N) is 2. The molecule has 0 saturated heterocycles. The third-order valence-electron chi connectivity index (χ3n) is 4.30. The molecule has 168 valence electrons. The zero-order valence-corrected chi connectivity index (χ0v) is 18.0. The number of hydrogen-bond acceptors (Lipinski definition) is 8. The number of sulfonamides is 1. The molecule has 3 rings (SSSR count). The van der Waals surface area contributed by atoms with Crippen molar-refractivity contribution < 1.29 is 22.3 Å². The summed E-state index contributed by atoms with van der Waals surface area (Å²) in [6.45, 7) is 3.12. The van der Waals surface area contributed by atoms with Gasteiger partial charge in [-0.3, -0.25) is 4.79 Å². The summed E-state index contributed by atoms with van der Waals surface area (Å²) in [5.41, 5.74) is 7.13. The SMILES string of the molecule is Cc1cc(Nc2nc(Nc3ccc(C)c(S(N)(=O)=O)c3)ncc2F)ccc1OCC(N)=O. The van der Waals surface area contributed by atoms with Crippen LogP contribution in [-0.4, -0.2) is 30.9 Å². The monoisotopic (exact) mass is 460 g/mol. The largest absolute Gasteiger partial charge is 0.484 e. The number of nitrogens with zero attached hydrogens (tertiary/aromatic N) is 2. The molecule has 12 heteroatoms. The maximum Gasteiger partial charge on any atom is 0.255 e. The zero-order chi connectivity index (χ0) is 23.5. The first kappa shape index (κ1) is 22.9. The fourth-order valence-electron chi connectivity index (χ4n) is 2.80. The number of ether oxygens (including phenoxy) is 1. The number of primary amides is 1. The van der Waals surface area contributed by atoms with Crippen molar-refractivity contribution in [3.05, 3.63) is 59.5 Å². The van der Waals surface area contributed by atoms with Crippen LogP contribution < -0.4 is 26.2 Å². The first-order valence-corrected chi connectivity index (χ1v) is 10.8. The summed E-state index contributed by atoms with van der Waals surface area (Å²) in [5.74, 6) is -0.900. The Morgan fingerprint density at radius 2 is 1.78 bits per heavy atom. The molecule has 0 bridgehead atoms. The van der Waals surface area contributed by atoms with Crippen LogP contribution in [0.2, 0.25) is 0 Å². The summed E-state index contributed by atoms with van der Waals surface area (Å²) in [6, 6.07) is 9.46. The van der Waals surface area contributed by atoms with E-state index in [9.17, 15) is 17.6 Å². The van der Waals surface area contributed by atoms with Gasteiger partial charge in [-0.25, -0.2) is 22.9 Å². The maximum absolute atomic E-state index is 14.3. The Hall–Kier alpha value is -3.77. The predicted octanol–water partition coefficient (Wildman–Crippen LogP) is 2.23. The summed E-state index contributed by atoms with van der Waals surface area (Å²) < 4.78 is 43.0. The van der Waals surface area contributed by atoms with E-state index in [0.29, 0.717) is 28.3 Å². The zero-order valence-electron chi connectivity index (χ0n) is 17.2. The number of aromatic nitrogens is 2. The molecule has 0 atom stereocenters. The predicted molar refractivity (Wildman–Crippen MR) is 117 cm³/mol. The van der Waals surface area contributed by atoms with Crippen LogP contribution in [0.1, 0.15) is 11.1 Å². The molecule has 0 aliphatic carbocycles. The molecule has 1 heterocycles. The van der Waals surface area contributed by atoms with Gasteiger partial charge < -0.3 is 21.1 Å². The summed E-state index contributed by atoms with van der Waals surface area (Å²) in [6.07, 6.45) is 0.976. The number of carbonyl (C=O) groups is 1. The molecule has 0 aliphatic rings. The fraction of sp³-hybridized carbons (Fsp3) is 0.150. The second kappa shape index (κ2) is 9.16. The first-order valence-electron chi connectivity index (χ1n) is 9.25. The Kier molecular flexibility index (Phi) is 6.55. The number of aryl methyl sites for hydroxylation is 2. The summed E-state index contributed by atoms with van der Waals surface area (Å²) in [4.78, 5) is 18.8. The minimum Gasteiger partial charge on any atom is -0.484 e. The second-order valence-corrected chi connectivity index (χ2v) is 8.43. The van der Waals surface area contributed by atoms with Crippen molar-refractivity contribution in [1.29, 1.82) is 0 Å². The highest BCUT2D eigenvalue weighted by Crippen LogP contribution is 2.26. The van der Waals surface area contributed by atoms with Crippen LogP contribution in [0.4, 0.5) is 27.5 Å². The van der Waals surface area contributed by atoms with E-state index in [1.807, 2.05) is 0 Å². The van der Waals surface area contributed by atoms with Crippen LogP contribution in [0.15, 0.2) is 47.5 Å². The van der Waals surface area contributed by atoms with E-state index in [0.717, 1.165) is 6.20 Å². The van der Waals surface area contributed by atoms with Gasteiger partial charge in [0.05, 0.1) is 11.1 Å². The lowest BCUT2D eigenvalue weighted by Gasteiger charge is -2.12. The van der Waals surface area contributed by atoms with Crippen LogP contribution >= 0.6 is 0 Å². The van der Waals surface area contributed by atoms with Gasteiger partial charge in [-0.1, -0.05) is 6.07 Å². The van der Waals surface area contributed by atoms with E-state index in [1.54, 1.807) is 44.2 Å². The molecule has 2 aromatic carbocycles. The Morgan fingerprint density at radius 1 is 1.09 bits per heavy atom. The van der Waals surface area contributed by atoms with Gasteiger partial charge in [-0.15, -0.1) is 0 Å². The van der Waals surface area contributed by atoms with Gasteiger partial charge in [0.2, 0.25) is 16.0 Å². The number of nitrogens with two attached hydrogens (primary N) is 2. The Balaban J connectivity index is 1.81. The van der Waals surface area contributed by atoms with Crippen molar-refractivity contribution in [2.24, 2.45) is 10.9 Å². The highest BCUT2D eigenvalue weighted by Gasteiger charge is 2.14. The van der Waals surface area contributed by atoms with Crippen LogP contribution in [0.25, 0.3) is 0 Å². The van der Waals surface area contributed by atoms with Gasteiger partial charge in [0.1, 0.15) is 5.75 Å². The third kappa shape index (κ3) is 5.68. The average Bonchev–Trinajstić information content (AvgIpc) is 2.70. The summed E-state index contributed by atoms with van der Waals surface area (Å²) >= 11 is 0. The van der Waals surface area contributed by atoms with Gasteiger partial charge in [-0.2, -0.15) is 4.98 Å². The summed E-state index contributed by atoms with van der Waals surface area (Å²) in [5, 5.41) is 10.9. The Morgan fingerprint density at radius 3 is 2.44 bits per heavy atom. The van der Waals surface area contributed by atoms with Gasteiger partial charge in [-0.05, 0) is 55.3 Å². The molecule has 0 unspecified atom stereocenters. The van der Waals surface area contributed by atoms with Gasteiger partial charge in [0.15, 0.2) is 18.2 Å². The standard InChI is InChI=1S/C20H21FN6O4S/c1-11-3-4-14(8-17(11)32(23,29)30)26-20-24-9-15(21)19(27-20)25-13-5-6-16(12(2)7-13)31-10-18(22)28/h3-9H,10H2,1-2H3,(H2,22,28)(H2,23,29,30)(H2,24,25,26,27). The van der Waals surface area contributed by atoms with Gasteiger partial charge in [0, 0.05) is 11.4 Å². The number of carbonyl (C=O) groups excluding carboxylic acids is 1. The highest BCUT2D eigenvalue weighted by molar-refractivity contribution is 7.89. The average molecular weight is 460 g/mol. The molecule has 0 radical (unpaired) electrons. The van der Waals surface area contributed by atoms with Crippen molar-refractivity contribution in [2.75, 3.05) is 17.2 Å². The van der Waals surface area contributed by atoms with Gasteiger partial charge >= 0.3 is 0 Å². The minimum atomic E-state index is -3.91. The maximum atomic E-state index is 14.3. The number of hydrogen-bond donors (Lipinski definition) is 4. The number of rotatable bonds is 8. The Bertz CT molecular complexity index is 1280. The molecule has 0 fully saturated rings. The molecule has 0 spiro atoms. The lowest BCUT2D eigenvalue weighted by Crippen LogP contribution is -2.20. The van der Waals surface area contributed by atoms with E-state index in [1.165, 1.54) is 6.07 Å². The third-order valence-corrected chi connectivity index (χ3v) is 5.36. The minimum absolute atomic E-state index is 0.0382. The lowest BCUT2D eigenvalue weighted by molar-refractivity contribution is -0.119. The molecule has 1 aromatic heterocycles. The molecule has 6 N–H and O–H groups in total. The number of anilines is 4. The molecule has 0 saturated carbocycles. The lowest BCUT2D eigenvalue weighted by atomic mass is 10.2. The number of benzene rings is 2. The van der Waals surface area contributed by atoms with Crippen LogP contribution in [0.5, 0.6) is 5.75 Å². The van der Waals surface area contributed by atoms with Crippen molar-refractivity contribution in [3.8, 4) is 5.75 Å². The molecular formula is C20H21FN6O4S. The fourth-order valence-corrected chi connectivity index (χ4v) is 3.61. The number of primary sulfonamides is 1. The van der Waals surface area contributed by atoms with Gasteiger partial charge in [0.25, 0.3) is 5.91 Å². The summed E-state index contributed by atoms with van der Waals surface area (Å²) in [7, 11) is -3.91. The smallest absolute Gasteiger partial charge is 0.255 e. The van der Waals surface area contributed by atoms with Crippen LogP contribution in [0.3, 0.4) is 0 Å². The Labute approximate surface area is 183 Å². The molecular weight excluding hydrogens is 439 g/mol. The van der Waals surface area contributed by atoms with E-state index in [2.05, 4.69) is 20.6 Å². The number of amides is 1. The van der Waals surface area contributed by atoms with Crippen molar-refractivity contribution in [1.82, 2.24) is 9.97 Å². The topological polar surface area (TPSA) is 162 Å². The molecule has 10 nitrogen and oxygen atoms in total. The van der Waals surface area contributed by atoms with E-state index in [-0.39, 0.29) is 23.3 Å². The second-order valence-electron chi connectivity index (χ2n) is 6.90. The quantitative estimate of drug-likeness (QED) is 0.398. The van der Waals surface area contributed by atoms with E-state index in [4.69, 9.17) is 15.6 Å². The normalized spacial score (nSPS) is 11.1. The van der Waals surface area contributed by atoms with Crippen molar-refractivity contribution in [2.45, 2.75) is 18.7 Å². The first-order chi connectivity index (χ1) is 15.0. The van der Waals surface area contributed by atoms with E-state index < -0.39 is 21.7 Å². The molecule has 3 aromatic rings. The van der Waals surface area contributed by atoms with Crippen LogP contribution in [0, 0.1) is 19.7 Å². The molecule has 1 amide bonds. The van der Waals surface area contributed by atoms with Crippen molar-refractivity contribution >= 4 is 39.1 Å². The molecule has 0 aliphatic heterocycles. The highest BCUT2D eigenvalue weighted by atomic mass is 32.2. The van der Waals surface area contributed by atoms with Crippen LogP contribution in [-0.2, 0) is 14.8 Å². The van der Waals surface area contributed by atoms with Crippen molar-refractivity contribution in [3.63, 3.8) is 0 Å². The molecule has 32 heavy (non-hydrogen) atoms.